The number of guanidine groups is 1. The summed E-state index contributed by atoms with van der Waals surface area (Å²) in [5.41, 5.74) is 14.7. The van der Waals surface area contributed by atoms with Gasteiger partial charge in [-0.1, -0.05) is 54.6 Å². The van der Waals surface area contributed by atoms with Gasteiger partial charge in [-0.3, -0.25) is 4.55 Å². The van der Waals surface area contributed by atoms with Crippen molar-refractivity contribution in [3.05, 3.63) is 107 Å². The number of hydrogen-bond acceptors (Lipinski definition) is 8. The molecule has 12 heteroatoms. The largest absolute Gasteiger partial charge is 0.508 e. The van der Waals surface area contributed by atoms with Crippen LogP contribution in [0.5, 0.6) is 11.5 Å². The van der Waals surface area contributed by atoms with Gasteiger partial charge >= 0.3 is 0 Å². The number of fused-ring (bicyclic) bond motifs is 2. The Morgan fingerprint density at radius 2 is 1.63 bits per heavy atom. The smallest absolute Gasteiger partial charge is 0.268 e. The zero-order chi connectivity index (χ0) is 34.8. The van der Waals surface area contributed by atoms with E-state index >= 15 is 0 Å². The number of phenolic OH excluding ortho intramolecular Hbond substituents is 1. The molecule has 6 bridgehead atoms. The number of aliphatic imine (C=N–C) groups is 1. The van der Waals surface area contributed by atoms with E-state index in [1.807, 2.05) is 42.5 Å². The number of nitrogens with two attached hydrogens (primary N) is 2. The highest BCUT2D eigenvalue weighted by molar-refractivity contribution is 7.86. The maximum absolute atomic E-state index is 13.4. The molecule has 6 aliphatic rings. The Labute approximate surface area is 287 Å². The van der Waals surface area contributed by atoms with Crippen molar-refractivity contribution in [3.8, 4) is 11.5 Å². The molecule has 9 rings (SSSR count). The predicted octanol–water partition coefficient (Wildman–Crippen LogP) is 4.43. The van der Waals surface area contributed by atoms with Gasteiger partial charge in [0, 0.05) is 31.1 Å². The Morgan fingerprint density at radius 3 is 2.27 bits per heavy atom. The number of aliphatic hydroxyl groups excluding tert-OH is 2. The third-order valence-corrected chi connectivity index (χ3v) is 11.5. The van der Waals surface area contributed by atoms with Crippen LogP contribution in [0.1, 0.15) is 72.8 Å². The zero-order valence-electron chi connectivity index (χ0n) is 27.3. The Kier molecular flexibility index (Phi) is 10.3. The lowest BCUT2D eigenvalue weighted by Crippen LogP contribution is -2.39. The van der Waals surface area contributed by atoms with E-state index in [0.717, 1.165) is 22.3 Å². The quantitative estimate of drug-likeness (QED) is 0.0851. The van der Waals surface area contributed by atoms with Gasteiger partial charge in [0.15, 0.2) is 5.96 Å². The molecule has 3 aromatic carbocycles. The lowest BCUT2D eigenvalue weighted by atomic mass is 9.66. The van der Waals surface area contributed by atoms with Gasteiger partial charge in [0.25, 0.3) is 10.1 Å². The summed E-state index contributed by atoms with van der Waals surface area (Å²) < 4.78 is 50.8. The summed E-state index contributed by atoms with van der Waals surface area (Å²) in [6, 6.07) is 21.7. The molecular formula is C37H45N3O8S. The Hall–Kier alpha value is -3.94. The van der Waals surface area contributed by atoms with Crippen molar-refractivity contribution in [3.63, 3.8) is 0 Å². The second-order valence-corrected chi connectivity index (χ2v) is 15.0. The second kappa shape index (κ2) is 14.5. The summed E-state index contributed by atoms with van der Waals surface area (Å²) in [6.45, 7) is -0.171. The van der Waals surface area contributed by atoms with Crippen LogP contribution < -0.4 is 16.2 Å². The van der Waals surface area contributed by atoms with E-state index < -0.39 is 33.1 Å². The van der Waals surface area contributed by atoms with Crippen LogP contribution in [-0.2, 0) is 27.0 Å². The fourth-order valence-corrected chi connectivity index (χ4v) is 9.08. The molecule has 0 aromatic heterocycles. The molecule has 49 heavy (non-hydrogen) atoms. The summed E-state index contributed by atoms with van der Waals surface area (Å²) >= 11 is 0. The molecule has 0 saturated carbocycles. The number of benzene rings is 3. The molecule has 5 heterocycles. The number of rotatable bonds is 8. The first-order chi connectivity index (χ1) is 23.5. The predicted molar refractivity (Wildman–Crippen MR) is 185 cm³/mol. The Bertz CT molecular complexity index is 1760. The molecule has 7 atom stereocenters. The van der Waals surface area contributed by atoms with E-state index in [9.17, 15) is 28.3 Å². The van der Waals surface area contributed by atoms with E-state index in [-0.39, 0.29) is 55.7 Å². The maximum Gasteiger partial charge on any atom is 0.268 e. The second-order valence-electron chi connectivity index (χ2n) is 13.4. The first kappa shape index (κ1) is 34.9. The molecule has 262 valence electrons. The minimum absolute atomic E-state index is 0.0749. The third-order valence-electron chi connectivity index (χ3n) is 10.2. The fraction of sp³-hybridized carbons (Fsp3) is 0.432. The first-order valence-corrected chi connectivity index (χ1v) is 18.3. The van der Waals surface area contributed by atoms with E-state index in [1.165, 1.54) is 0 Å². The van der Waals surface area contributed by atoms with Crippen LogP contribution in [0.4, 0.5) is 0 Å². The molecule has 0 radical (unpaired) electrons. The normalized spacial score (nSPS) is 28.3. The number of aliphatic hydroxyl groups is 2. The van der Waals surface area contributed by atoms with Crippen LogP contribution in [0.3, 0.4) is 0 Å². The first-order valence-electron chi connectivity index (χ1n) is 16.8. The van der Waals surface area contributed by atoms with E-state index in [2.05, 4.69) is 4.99 Å². The van der Waals surface area contributed by atoms with Gasteiger partial charge in [0.05, 0.1) is 11.4 Å². The van der Waals surface area contributed by atoms with E-state index in [0.29, 0.717) is 43.4 Å². The van der Waals surface area contributed by atoms with Crippen molar-refractivity contribution in [1.82, 2.24) is 0 Å². The highest BCUT2D eigenvalue weighted by Crippen LogP contribution is 2.52. The molecule has 11 nitrogen and oxygen atoms in total. The molecule has 0 amide bonds. The third kappa shape index (κ3) is 7.63. The van der Waals surface area contributed by atoms with Gasteiger partial charge in [-0.25, -0.2) is 4.99 Å². The molecule has 1 aliphatic carbocycles. The maximum atomic E-state index is 13.4. The minimum Gasteiger partial charge on any atom is -0.508 e. The number of aromatic hydroxyl groups is 1. The summed E-state index contributed by atoms with van der Waals surface area (Å²) in [6.07, 6.45) is 3.94. The SMILES string of the molecule is NC(N)=N[C@@]1(CCCO)Oc2ccc(cc2)CC[C@@H](S(=O)(=O)O)C2C=C3C[C@@H](C[C@@H](CCO)O[C@H]3c3ccc(O)cc3)[C@H]2c2ccc1cc2. The van der Waals surface area contributed by atoms with Crippen LogP contribution in [0.25, 0.3) is 0 Å². The molecule has 5 aliphatic heterocycles. The van der Waals surface area contributed by atoms with Crippen molar-refractivity contribution >= 4 is 16.1 Å². The monoisotopic (exact) mass is 691 g/mol. The molecule has 8 N–H and O–H groups in total. The van der Waals surface area contributed by atoms with E-state index in [4.69, 9.17) is 20.9 Å². The lowest BCUT2D eigenvalue weighted by Gasteiger charge is -2.40. The van der Waals surface area contributed by atoms with Crippen LogP contribution >= 0.6 is 0 Å². The van der Waals surface area contributed by atoms with Crippen LogP contribution in [0, 0.1) is 11.8 Å². The molecule has 1 unspecified atom stereocenters. The fourth-order valence-electron chi connectivity index (χ4n) is 8.02. The van der Waals surface area contributed by atoms with Crippen molar-refractivity contribution in [2.24, 2.45) is 28.3 Å². The topological polar surface area (TPSA) is 198 Å². The Balaban J connectivity index is 1.54. The van der Waals surface area contributed by atoms with Gasteiger partial charge in [-0.15, -0.1) is 0 Å². The molecular weight excluding hydrogens is 646 g/mol. The Morgan fingerprint density at radius 1 is 0.939 bits per heavy atom. The van der Waals surface area contributed by atoms with Gasteiger partial charge in [-0.2, -0.15) is 8.42 Å². The lowest BCUT2D eigenvalue weighted by molar-refractivity contribution is -0.00769. The number of allylic oxidation sites excluding steroid dienone is 1. The standard InChI is InChI=1S/C37H45N3O8S/c38-36(39)40-37(17-1-18-41)28-9-5-24(6-10-28)34-26-20-27(35(47-31(21-26)16-19-42)25-7-11-29(43)12-8-25)22-32(34)33(49(44,45)46)15-4-23-2-13-30(48-37)14-3-23/h2-3,5-14,22,26,31-35,41-43H,1,4,15-21H2,(H4,38,39,40)(H,44,45,46)/t26-,31+,32?,33+,34+,35-,37-/m0/s1. The van der Waals surface area contributed by atoms with E-state index in [1.54, 1.807) is 36.4 Å². The van der Waals surface area contributed by atoms with Crippen LogP contribution in [0.15, 0.2) is 89.4 Å². The van der Waals surface area contributed by atoms with Crippen molar-refractivity contribution in [2.75, 3.05) is 13.2 Å². The number of phenols is 1. The van der Waals surface area contributed by atoms with Crippen LogP contribution in [0.2, 0.25) is 0 Å². The molecule has 1 saturated heterocycles. The van der Waals surface area contributed by atoms with Crippen molar-refractivity contribution in [2.45, 2.75) is 74.0 Å². The molecule has 1 fully saturated rings. The number of nitrogens with zero attached hydrogens (tertiary/aromatic N) is 1. The number of ether oxygens (including phenoxy) is 2. The summed E-state index contributed by atoms with van der Waals surface area (Å²) in [5.74, 6) is -0.569. The highest BCUT2D eigenvalue weighted by atomic mass is 32.2. The average Bonchev–Trinajstić information content (AvgIpc) is 3.20. The van der Waals surface area contributed by atoms with Crippen LogP contribution in [-0.4, -0.2) is 58.8 Å². The molecule has 0 spiro atoms. The van der Waals surface area contributed by atoms with Gasteiger partial charge < -0.3 is 36.3 Å². The van der Waals surface area contributed by atoms with Gasteiger partial charge in [0.2, 0.25) is 5.72 Å². The molecule has 3 aromatic rings. The van der Waals surface area contributed by atoms with Crippen molar-refractivity contribution < 1.29 is 37.8 Å². The number of aryl methyl sites for hydroxylation is 1. The van der Waals surface area contributed by atoms with Gasteiger partial charge in [-0.05, 0) is 96.9 Å². The summed E-state index contributed by atoms with van der Waals surface area (Å²) in [5, 5.41) is 28.6. The van der Waals surface area contributed by atoms with Crippen molar-refractivity contribution in [1.29, 1.82) is 0 Å². The zero-order valence-corrected chi connectivity index (χ0v) is 28.1. The summed E-state index contributed by atoms with van der Waals surface area (Å²) in [4.78, 5) is 4.56. The highest BCUT2D eigenvalue weighted by Gasteiger charge is 2.47. The number of hydrogen-bond donors (Lipinski definition) is 6. The summed E-state index contributed by atoms with van der Waals surface area (Å²) in [7, 11) is -4.53. The minimum atomic E-state index is -4.53. The van der Waals surface area contributed by atoms with Gasteiger partial charge in [0.1, 0.15) is 17.6 Å². The average molecular weight is 692 g/mol.